The summed E-state index contributed by atoms with van der Waals surface area (Å²) in [6, 6.07) is 21.3. The van der Waals surface area contributed by atoms with Gasteiger partial charge >= 0.3 is 5.69 Å². The minimum atomic E-state index is -0.337. The molecule has 4 aromatic rings. The lowest BCUT2D eigenvalue weighted by atomic mass is 10.1. The van der Waals surface area contributed by atoms with Gasteiger partial charge in [0.1, 0.15) is 0 Å². The molecule has 0 spiro atoms. The van der Waals surface area contributed by atoms with E-state index in [9.17, 15) is 9.59 Å². The Morgan fingerprint density at radius 2 is 1.56 bits per heavy atom. The smallest absolute Gasteiger partial charge is 0.332 e. The fraction of sp³-hybridized carbons (Fsp3) is 0.259. The molecule has 1 saturated heterocycles. The molecule has 174 valence electrons. The van der Waals surface area contributed by atoms with Crippen molar-refractivity contribution in [1.82, 2.24) is 14.5 Å². The molecule has 0 amide bonds. The van der Waals surface area contributed by atoms with Crippen LogP contribution in [0.3, 0.4) is 0 Å². The molecule has 0 atom stereocenters. The van der Waals surface area contributed by atoms with Gasteiger partial charge in [-0.05, 0) is 30.2 Å². The molecule has 2 heterocycles. The number of nitrogens with zero attached hydrogens (tertiary/aromatic N) is 3. The highest BCUT2D eigenvalue weighted by molar-refractivity contribution is 6.31. The van der Waals surface area contributed by atoms with Crippen molar-refractivity contribution in [2.24, 2.45) is 0 Å². The summed E-state index contributed by atoms with van der Waals surface area (Å²) < 4.78 is 3.04. The third-order valence-electron chi connectivity index (χ3n) is 6.34. The minimum Gasteiger partial charge on any atom is -0.368 e. The van der Waals surface area contributed by atoms with Gasteiger partial charge in [0.05, 0.1) is 29.7 Å². The van der Waals surface area contributed by atoms with E-state index >= 15 is 0 Å². The van der Waals surface area contributed by atoms with E-state index in [1.165, 1.54) is 4.57 Å². The highest BCUT2D eigenvalue weighted by Gasteiger charge is 2.22. The SMILES string of the molecule is Cc1cccc(Cn2c(=O)c3c(N4CCNCC4)cc(Cl)cc3n(Cc3ccccc3)c2=O)c1. The van der Waals surface area contributed by atoms with Crippen molar-refractivity contribution < 1.29 is 0 Å². The van der Waals surface area contributed by atoms with Crippen LogP contribution in [0.1, 0.15) is 16.7 Å². The van der Waals surface area contributed by atoms with Crippen molar-refractivity contribution in [3.63, 3.8) is 0 Å². The Labute approximate surface area is 203 Å². The van der Waals surface area contributed by atoms with Gasteiger partial charge < -0.3 is 10.2 Å². The van der Waals surface area contributed by atoms with Crippen LogP contribution in [0.25, 0.3) is 10.9 Å². The zero-order valence-electron chi connectivity index (χ0n) is 19.1. The molecule has 3 aromatic carbocycles. The van der Waals surface area contributed by atoms with Crippen molar-refractivity contribution in [2.75, 3.05) is 31.1 Å². The number of anilines is 1. The van der Waals surface area contributed by atoms with E-state index in [0.29, 0.717) is 22.5 Å². The zero-order valence-corrected chi connectivity index (χ0v) is 19.9. The molecule has 0 unspecified atom stereocenters. The van der Waals surface area contributed by atoms with Gasteiger partial charge in [-0.3, -0.25) is 13.9 Å². The van der Waals surface area contributed by atoms with Gasteiger partial charge in [-0.15, -0.1) is 0 Å². The van der Waals surface area contributed by atoms with Crippen molar-refractivity contribution in [2.45, 2.75) is 20.0 Å². The predicted molar refractivity (Wildman–Crippen MR) is 138 cm³/mol. The van der Waals surface area contributed by atoms with Crippen LogP contribution in [0.2, 0.25) is 5.02 Å². The highest BCUT2D eigenvalue weighted by atomic mass is 35.5. The normalized spacial score (nSPS) is 14.0. The Kier molecular flexibility index (Phi) is 6.26. The van der Waals surface area contributed by atoms with Crippen molar-refractivity contribution in [1.29, 1.82) is 0 Å². The molecule has 5 rings (SSSR count). The number of aromatic nitrogens is 2. The predicted octanol–water partition coefficient (Wildman–Crippen LogP) is 3.63. The fourth-order valence-corrected chi connectivity index (χ4v) is 4.89. The van der Waals surface area contributed by atoms with Crippen molar-refractivity contribution >= 4 is 28.2 Å². The summed E-state index contributed by atoms with van der Waals surface area (Å²) in [5.74, 6) is 0. The Morgan fingerprint density at radius 3 is 2.29 bits per heavy atom. The fourth-order valence-electron chi connectivity index (χ4n) is 4.69. The van der Waals surface area contributed by atoms with E-state index < -0.39 is 0 Å². The third-order valence-corrected chi connectivity index (χ3v) is 6.56. The molecule has 6 nitrogen and oxygen atoms in total. The van der Waals surface area contributed by atoms with E-state index in [0.717, 1.165) is 48.6 Å². The van der Waals surface area contributed by atoms with Crippen molar-refractivity contribution in [3.05, 3.63) is 109 Å². The van der Waals surface area contributed by atoms with Gasteiger partial charge in [0.25, 0.3) is 5.56 Å². The first kappa shape index (κ1) is 22.4. The van der Waals surface area contributed by atoms with Crippen LogP contribution in [0, 0.1) is 6.92 Å². The lowest BCUT2D eigenvalue weighted by Crippen LogP contribution is -2.45. The standard InChI is InChI=1S/C27H27ClN4O2/c1-19-6-5-9-21(14-19)18-32-26(33)25-23(30-12-10-29-11-13-30)15-22(28)16-24(25)31(27(32)34)17-20-7-3-2-4-8-20/h2-9,14-16,29H,10-13,17-18H2,1H3. The number of nitrogens with one attached hydrogen (secondary N) is 1. The van der Waals surface area contributed by atoms with Crippen LogP contribution in [0.5, 0.6) is 0 Å². The van der Waals surface area contributed by atoms with E-state index in [2.05, 4.69) is 10.2 Å². The van der Waals surface area contributed by atoms with Crippen molar-refractivity contribution in [3.8, 4) is 0 Å². The van der Waals surface area contributed by atoms with Crippen LogP contribution in [-0.4, -0.2) is 35.3 Å². The molecule has 1 fully saturated rings. The lowest BCUT2D eigenvalue weighted by Gasteiger charge is -2.31. The minimum absolute atomic E-state index is 0.216. The van der Waals surface area contributed by atoms with Gasteiger partial charge in [0.2, 0.25) is 0 Å². The molecule has 0 aliphatic carbocycles. The monoisotopic (exact) mass is 474 g/mol. The van der Waals surface area contributed by atoms with Crippen LogP contribution in [0.4, 0.5) is 5.69 Å². The summed E-state index contributed by atoms with van der Waals surface area (Å²) in [5.41, 5.74) is 3.73. The first-order valence-electron chi connectivity index (χ1n) is 11.5. The first-order valence-corrected chi connectivity index (χ1v) is 11.9. The average molecular weight is 475 g/mol. The number of piperazine rings is 1. The molecule has 1 aliphatic heterocycles. The molecular formula is C27H27ClN4O2. The number of halogens is 1. The molecule has 1 N–H and O–H groups in total. The van der Waals surface area contributed by atoms with Gasteiger partial charge in [-0.1, -0.05) is 71.8 Å². The summed E-state index contributed by atoms with van der Waals surface area (Å²) in [5, 5.41) is 4.40. The number of fused-ring (bicyclic) bond motifs is 1. The first-order chi connectivity index (χ1) is 16.5. The number of rotatable bonds is 5. The second-order valence-corrected chi connectivity index (χ2v) is 9.23. The second-order valence-electron chi connectivity index (χ2n) is 8.79. The van der Waals surface area contributed by atoms with E-state index in [1.54, 1.807) is 10.6 Å². The maximum absolute atomic E-state index is 13.9. The topological polar surface area (TPSA) is 59.3 Å². The van der Waals surface area contributed by atoms with Crippen LogP contribution < -0.4 is 21.5 Å². The quantitative estimate of drug-likeness (QED) is 0.480. The van der Waals surface area contributed by atoms with Crippen LogP contribution in [-0.2, 0) is 13.1 Å². The maximum Gasteiger partial charge on any atom is 0.332 e. The van der Waals surface area contributed by atoms with E-state index in [1.807, 2.05) is 67.6 Å². The third kappa shape index (κ3) is 4.39. The Bertz CT molecular complexity index is 1450. The molecular weight excluding hydrogens is 448 g/mol. The summed E-state index contributed by atoms with van der Waals surface area (Å²) in [7, 11) is 0. The Balaban J connectivity index is 1.78. The summed E-state index contributed by atoms with van der Waals surface area (Å²) >= 11 is 6.54. The summed E-state index contributed by atoms with van der Waals surface area (Å²) in [6.07, 6.45) is 0. The second kappa shape index (κ2) is 9.49. The molecule has 1 aliphatic rings. The highest BCUT2D eigenvalue weighted by Crippen LogP contribution is 2.29. The summed E-state index contributed by atoms with van der Waals surface area (Å²) in [6.45, 7) is 5.77. The molecule has 34 heavy (non-hydrogen) atoms. The molecule has 0 saturated carbocycles. The zero-order chi connectivity index (χ0) is 23.7. The van der Waals surface area contributed by atoms with Crippen LogP contribution >= 0.6 is 11.6 Å². The molecule has 7 heteroatoms. The van der Waals surface area contributed by atoms with Crippen LogP contribution in [0.15, 0.2) is 76.3 Å². The lowest BCUT2D eigenvalue weighted by molar-refractivity contribution is 0.589. The maximum atomic E-state index is 13.9. The van der Waals surface area contributed by atoms with Gasteiger partial charge in [0.15, 0.2) is 0 Å². The Morgan fingerprint density at radius 1 is 0.853 bits per heavy atom. The van der Waals surface area contributed by atoms with E-state index in [4.69, 9.17) is 11.6 Å². The van der Waals surface area contributed by atoms with Gasteiger partial charge in [0, 0.05) is 31.2 Å². The van der Waals surface area contributed by atoms with Gasteiger partial charge in [-0.25, -0.2) is 4.79 Å². The average Bonchev–Trinajstić information content (AvgIpc) is 2.85. The molecule has 0 bridgehead atoms. The number of hydrogen-bond donors (Lipinski definition) is 1. The number of benzene rings is 3. The number of hydrogen-bond acceptors (Lipinski definition) is 4. The van der Waals surface area contributed by atoms with Gasteiger partial charge in [-0.2, -0.15) is 0 Å². The molecule has 1 aromatic heterocycles. The summed E-state index contributed by atoms with van der Waals surface area (Å²) in [4.78, 5) is 29.8. The largest absolute Gasteiger partial charge is 0.368 e. The number of aryl methyl sites for hydroxylation is 1. The Hall–Kier alpha value is -3.35. The van der Waals surface area contributed by atoms with E-state index in [-0.39, 0.29) is 17.8 Å². The molecule has 0 radical (unpaired) electrons.